The standard InChI is InChI=1S/C8H17N5/c1-7-8(9)10-11-13(7)6-4-5-12(2)3/h4-6,9H2,1-3H3. The van der Waals surface area contributed by atoms with E-state index in [0.29, 0.717) is 5.82 Å². The van der Waals surface area contributed by atoms with Gasteiger partial charge in [-0.25, -0.2) is 4.68 Å². The minimum Gasteiger partial charge on any atom is -0.381 e. The Morgan fingerprint density at radius 2 is 2.15 bits per heavy atom. The molecule has 0 bridgehead atoms. The molecule has 0 amide bonds. The number of rotatable bonds is 4. The van der Waals surface area contributed by atoms with Gasteiger partial charge in [0.15, 0.2) is 5.82 Å². The Balaban J connectivity index is 2.41. The predicted octanol–water partition coefficient (Wildman–Crippen LogP) is 0.120. The fraction of sp³-hybridized carbons (Fsp3) is 0.750. The molecular weight excluding hydrogens is 166 g/mol. The van der Waals surface area contributed by atoms with Crippen molar-refractivity contribution in [1.82, 2.24) is 19.9 Å². The SMILES string of the molecule is Cc1c(N)nnn1CCCN(C)C. The molecule has 0 aliphatic rings. The molecule has 0 radical (unpaired) electrons. The van der Waals surface area contributed by atoms with Crippen LogP contribution in [-0.2, 0) is 6.54 Å². The molecule has 0 saturated heterocycles. The molecule has 0 saturated carbocycles. The normalized spacial score (nSPS) is 11.1. The average molecular weight is 183 g/mol. The maximum absolute atomic E-state index is 5.57. The fourth-order valence-corrected chi connectivity index (χ4v) is 1.12. The van der Waals surface area contributed by atoms with Crippen LogP contribution in [0.4, 0.5) is 5.82 Å². The summed E-state index contributed by atoms with van der Waals surface area (Å²) in [5.74, 6) is 0.532. The van der Waals surface area contributed by atoms with Crippen molar-refractivity contribution in [3.8, 4) is 0 Å². The van der Waals surface area contributed by atoms with E-state index in [1.54, 1.807) is 0 Å². The number of aryl methyl sites for hydroxylation is 1. The van der Waals surface area contributed by atoms with Crippen molar-refractivity contribution in [3.63, 3.8) is 0 Å². The Bertz CT molecular complexity index is 265. The van der Waals surface area contributed by atoms with Crippen molar-refractivity contribution in [3.05, 3.63) is 5.69 Å². The first-order valence-corrected chi connectivity index (χ1v) is 4.41. The monoisotopic (exact) mass is 183 g/mol. The first-order chi connectivity index (χ1) is 6.11. The first kappa shape index (κ1) is 9.98. The van der Waals surface area contributed by atoms with Crippen LogP contribution in [0.25, 0.3) is 0 Å². The van der Waals surface area contributed by atoms with Gasteiger partial charge in [-0.1, -0.05) is 5.21 Å². The van der Waals surface area contributed by atoms with E-state index in [0.717, 1.165) is 25.2 Å². The molecule has 13 heavy (non-hydrogen) atoms. The van der Waals surface area contributed by atoms with E-state index < -0.39 is 0 Å². The topological polar surface area (TPSA) is 60.0 Å². The van der Waals surface area contributed by atoms with Gasteiger partial charge in [-0.2, -0.15) is 0 Å². The summed E-state index contributed by atoms with van der Waals surface area (Å²) in [6, 6.07) is 0. The van der Waals surface area contributed by atoms with Gasteiger partial charge in [0.25, 0.3) is 0 Å². The van der Waals surface area contributed by atoms with Crippen LogP contribution in [0.3, 0.4) is 0 Å². The lowest BCUT2D eigenvalue weighted by Crippen LogP contribution is -2.15. The van der Waals surface area contributed by atoms with E-state index in [1.165, 1.54) is 0 Å². The quantitative estimate of drug-likeness (QED) is 0.720. The molecule has 0 aliphatic heterocycles. The molecule has 1 heterocycles. The number of anilines is 1. The van der Waals surface area contributed by atoms with Gasteiger partial charge in [0.05, 0.1) is 5.69 Å². The average Bonchev–Trinajstić information content (AvgIpc) is 2.35. The lowest BCUT2D eigenvalue weighted by molar-refractivity contribution is 0.377. The summed E-state index contributed by atoms with van der Waals surface area (Å²) >= 11 is 0. The zero-order valence-corrected chi connectivity index (χ0v) is 8.49. The van der Waals surface area contributed by atoms with E-state index >= 15 is 0 Å². The van der Waals surface area contributed by atoms with Crippen LogP contribution in [0.5, 0.6) is 0 Å². The second-order valence-corrected chi connectivity index (χ2v) is 3.44. The first-order valence-electron chi connectivity index (χ1n) is 4.41. The molecule has 0 aliphatic carbocycles. The zero-order valence-electron chi connectivity index (χ0n) is 8.49. The summed E-state index contributed by atoms with van der Waals surface area (Å²) in [6.07, 6.45) is 1.07. The molecule has 1 aromatic heterocycles. The predicted molar refractivity (Wildman–Crippen MR) is 52.3 cm³/mol. The third kappa shape index (κ3) is 2.69. The number of nitrogens with two attached hydrogens (primary N) is 1. The molecule has 74 valence electrons. The molecule has 1 aromatic rings. The lowest BCUT2D eigenvalue weighted by Gasteiger charge is -2.09. The number of hydrogen-bond donors (Lipinski definition) is 1. The maximum Gasteiger partial charge on any atom is 0.168 e. The molecule has 0 aromatic carbocycles. The third-order valence-electron chi connectivity index (χ3n) is 1.99. The Morgan fingerprint density at radius 3 is 2.62 bits per heavy atom. The van der Waals surface area contributed by atoms with Gasteiger partial charge < -0.3 is 10.6 Å². The van der Waals surface area contributed by atoms with Crippen LogP contribution in [0, 0.1) is 6.92 Å². The van der Waals surface area contributed by atoms with Gasteiger partial charge in [-0.05, 0) is 34.0 Å². The maximum atomic E-state index is 5.57. The van der Waals surface area contributed by atoms with Crippen LogP contribution >= 0.6 is 0 Å². The second-order valence-electron chi connectivity index (χ2n) is 3.44. The Kier molecular flexibility index (Phi) is 3.25. The summed E-state index contributed by atoms with van der Waals surface area (Å²) in [6.45, 7) is 3.87. The van der Waals surface area contributed by atoms with E-state index in [1.807, 2.05) is 11.6 Å². The van der Waals surface area contributed by atoms with E-state index in [2.05, 4.69) is 29.3 Å². The Labute approximate surface area is 78.5 Å². The minimum absolute atomic E-state index is 0.532. The molecule has 5 nitrogen and oxygen atoms in total. The number of aromatic nitrogens is 3. The molecule has 1 rings (SSSR count). The van der Waals surface area contributed by atoms with E-state index in [-0.39, 0.29) is 0 Å². The highest BCUT2D eigenvalue weighted by atomic mass is 15.4. The Morgan fingerprint density at radius 1 is 1.46 bits per heavy atom. The zero-order chi connectivity index (χ0) is 9.84. The van der Waals surface area contributed by atoms with Crippen LogP contribution in [0.1, 0.15) is 12.1 Å². The third-order valence-corrected chi connectivity index (χ3v) is 1.99. The smallest absolute Gasteiger partial charge is 0.168 e. The van der Waals surface area contributed by atoms with Gasteiger partial charge >= 0.3 is 0 Å². The highest BCUT2D eigenvalue weighted by Crippen LogP contribution is 2.04. The highest BCUT2D eigenvalue weighted by molar-refractivity contribution is 5.31. The lowest BCUT2D eigenvalue weighted by atomic mass is 10.4. The van der Waals surface area contributed by atoms with Crippen molar-refractivity contribution < 1.29 is 0 Å². The second kappa shape index (κ2) is 4.23. The summed E-state index contributed by atoms with van der Waals surface area (Å²) in [5, 5.41) is 7.73. The van der Waals surface area contributed by atoms with Crippen molar-refractivity contribution in [1.29, 1.82) is 0 Å². The van der Waals surface area contributed by atoms with Crippen molar-refractivity contribution in [2.75, 3.05) is 26.4 Å². The fourth-order valence-electron chi connectivity index (χ4n) is 1.12. The van der Waals surface area contributed by atoms with E-state index in [9.17, 15) is 0 Å². The summed E-state index contributed by atoms with van der Waals surface area (Å²) in [5.41, 5.74) is 6.52. The molecule has 0 fully saturated rings. The number of hydrogen-bond acceptors (Lipinski definition) is 4. The summed E-state index contributed by atoms with van der Waals surface area (Å²) in [4.78, 5) is 2.15. The Hall–Kier alpha value is -1.10. The molecular formula is C8H17N5. The molecule has 2 N–H and O–H groups in total. The van der Waals surface area contributed by atoms with Gasteiger partial charge in [0.1, 0.15) is 0 Å². The number of nitrogen functional groups attached to an aromatic ring is 1. The van der Waals surface area contributed by atoms with Crippen molar-refractivity contribution in [2.24, 2.45) is 0 Å². The van der Waals surface area contributed by atoms with Gasteiger partial charge in [-0.15, -0.1) is 5.10 Å². The molecule has 0 spiro atoms. The molecule has 0 atom stereocenters. The van der Waals surface area contributed by atoms with Crippen molar-refractivity contribution in [2.45, 2.75) is 19.9 Å². The highest BCUT2D eigenvalue weighted by Gasteiger charge is 2.03. The van der Waals surface area contributed by atoms with Crippen LogP contribution in [-0.4, -0.2) is 40.5 Å². The van der Waals surface area contributed by atoms with Crippen LogP contribution < -0.4 is 5.73 Å². The minimum atomic E-state index is 0.532. The van der Waals surface area contributed by atoms with Gasteiger partial charge in [0, 0.05) is 6.54 Å². The van der Waals surface area contributed by atoms with E-state index in [4.69, 9.17) is 5.73 Å². The molecule has 0 unspecified atom stereocenters. The number of nitrogens with zero attached hydrogens (tertiary/aromatic N) is 4. The summed E-state index contributed by atoms with van der Waals surface area (Å²) < 4.78 is 1.85. The molecule has 5 heteroatoms. The van der Waals surface area contributed by atoms with Crippen LogP contribution in [0.15, 0.2) is 0 Å². The van der Waals surface area contributed by atoms with Gasteiger partial charge in [0.2, 0.25) is 0 Å². The van der Waals surface area contributed by atoms with Crippen molar-refractivity contribution >= 4 is 5.82 Å². The largest absolute Gasteiger partial charge is 0.381 e. The van der Waals surface area contributed by atoms with Gasteiger partial charge in [-0.3, -0.25) is 0 Å². The van der Waals surface area contributed by atoms with Crippen LogP contribution in [0.2, 0.25) is 0 Å². The summed E-state index contributed by atoms with van der Waals surface area (Å²) in [7, 11) is 4.12.